The zero-order valence-electron chi connectivity index (χ0n) is 7.05. The summed E-state index contributed by atoms with van der Waals surface area (Å²) in [6.07, 6.45) is 6.57. The summed E-state index contributed by atoms with van der Waals surface area (Å²) in [5.74, 6) is 0. The van der Waals surface area contributed by atoms with Crippen LogP contribution in [0.2, 0.25) is 0 Å². The second-order valence-corrected chi connectivity index (χ2v) is 2.88. The predicted octanol–water partition coefficient (Wildman–Crippen LogP) is 2.85. The van der Waals surface area contributed by atoms with E-state index in [0.29, 0.717) is 12.8 Å². The molecule has 0 aliphatic carbocycles. The molecule has 0 aromatic carbocycles. The van der Waals surface area contributed by atoms with Gasteiger partial charge in [-0.25, -0.2) is 0 Å². The zero-order valence-corrected chi connectivity index (χ0v) is 7.80. The average molecular weight is 175 g/mol. The van der Waals surface area contributed by atoms with Gasteiger partial charge in [0, 0.05) is 11.5 Å². The molecule has 0 aromatic heterocycles. The van der Waals surface area contributed by atoms with Gasteiger partial charge in [-0.15, -0.1) is 0 Å². The van der Waals surface area contributed by atoms with Crippen LogP contribution in [0.25, 0.3) is 0 Å². The molecule has 0 radical (unpaired) electrons. The Balaban J connectivity index is 3.60. The van der Waals surface area contributed by atoms with Crippen LogP contribution in [0.3, 0.4) is 0 Å². The summed E-state index contributed by atoms with van der Waals surface area (Å²) in [5.41, 5.74) is 0. The Hall–Kier alpha value is -0.270. The molecule has 64 valence electrons. The van der Waals surface area contributed by atoms with Crippen molar-refractivity contribution in [2.45, 2.75) is 32.8 Å². The van der Waals surface area contributed by atoms with Crippen molar-refractivity contribution in [2.75, 3.05) is 0 Å². The van der Waals surface area contributed by atoms with E-state index < -0.39 is 0 Å². The van der Waals surface area contributed by atoms with Crippen molar-refractivity contribution in [3.05, 3.63) is 23.3 Å². The van der Waals surface area contributed by atoms with Gasteiger partial charge in [-0.05, 0) is 20.3 Å². The van der Waals surface area contributed by atoms with Crippen molar-refractivity contribution < 1.29 is 5.11 Å². The average Bonchev–Trinajstić information content (AvgIpc) is 2.00. The van der Waals surface area contributed by atoms with Crippen LogP contribution < -0.4 is 0 Å². The summed E-state index contributed by atoms with van der Waals surface area (Å²) in [6.45, 7) is 3.80. The van der Waals surface area contributed by atoms with Crippen LogP contribution in [0, 0.1) is 0 Å². The molecule has 0 saturated carbocycles. The van der Waals surface area contributed by atoms with Crippen LogP contribution in [0.5, 0.6) is 0 Å². The molecule has 1 N–H and O–H groups in total. The first-order valence-electron chi connectivity index (χ1n) is 3.80. The lowest BCUT2D eigenvalue weighted by molar-refractivity contribution is 0.180. The summed E-state index contributed by atoms with van der Waals surface area (Å²) in [7, 11) is 0. The molecular weight excluding hydrogens is 160 g/mol. The Morgan fingerprint density at radius 3 is 2.64 bits per heavy atom. The van der Waals surface area contributed by atoms with E-state index >= 15 is 0 Å². The highest BCUT2D eigenvalue weighted by atomic mass is 35.5. The Morgan fingerprint density at radius 2 is 2.18 bits per heavy atom. The maximum atomic E-state index is 9.31. The van der Waals surface area contributed by atoms with Gasteiger partial charge in [-0.1, -0.05) is 29.8 Å². The minimum absolute atomic E-state index is 0.338. The lowest BCUT2D eigenvalue weighted by atomic mass is 10.1. The standard InChI is InChI=1S/C9H15ClO/c1-3-5-6-9(11)7-8(10)4-2/h3-5,9,11H,6-7H2,1-2H3. The van der Waals surface area contributed by atoms with Gasteiger partial charge in [0.1, 0.15) is 0 Å². The van der Waals surface area contributed by atoms with Crippen LogP contribution in [-0.2, 0) is 0 Å². The van der Waals surface area contributed by atoms with E-state index in [2.05, 4.69) is 0 Å². The minimum Gasteiger partial charge on any atom is -0.392 e. The molecule has 0 bridgehead atoms. The lowest BCUT2D eigenvalue weighted by Crippen LogP contribution is -2.03. The summed E-state index contributed by atoms with van der Waals surface area (Å²) in [5, 5.41) is 10.0. The first-order chi connectivity index (χ1) is 5.20. The van der Waals surface area contributed by atoms with E-state index in [4.69, 9.17) is 11.6 Å². The highest BCUT2D eigenvalue weighted by Gasteiger charge is 2.02. The fourth-order valence-corrected chi connectivity index (χ4v) is 0.898. The van der Waals surface area contributed by atoms with Gasteiger partial charge in [0.15, 0.2) is 0 Å². The van der Waals surface area contributed by atoms with Gasteiger partial charge in [0.05, 0.1) is 6.10 Å². The lowest BCUT2D eigenvalue weighted by Gasteiger charge is -2.05. The molecule has 11 heavy (non-hydrogen) atoms. The summed E-state index contributed by atoms with van der Waals surface area (Å²) < 4.78 is 0. The Kier molecular flexibility index (Phi) is 6.28. The van der Waals surface area contributed by atoms with Gasteiger partial charge in [0.2, 0.25) is 0 Å². The number of rotatable bonds is 4. The van der Waals surface area contributed by atoms with Crippen molar-refractivity contribution in [3.63, 3.8) is 0 Å². The first kappa shape index (κ1) is 10.7. The highest BCUT2D eigenvalue weighted by Crippen LogP contribution is 2.12. The predicted molar refractivity (Wildman–Crippen MR) is 49.7 cm³/mol. The van der Waals surface area contributed by atoms with Crippen molar-refractivity contribution >= 4 is 11.6 Å². The minimum atomic E-state index is -0.338. The van der Waals surface area contributed by atoms with Gasteiger partial charge >= 0.3 is 0 Å². The summed E-state index contributed by atoms with van der Waals surface area (Å²) >= 11 is 5.72. The topological polar surface area (TPSA) is 20.2 Å². The van der Waals surface area contributed by atoms with Crippen molar-refractivity contribution in [3.8, 4) is 0 Å². The third-order valence-electron chi connectivity index (χ3n) is 1.39. The second-order valence-electron chi connectivity index (χ2n) is 2.40. The summed E-state index contributed by atoms with van der Waals surface area (Å²) in [4.78, 5) is 0. The van der Waals surface area contributed by atoms with Crippen LogP contribution in [0.1, 0.15) is 26.7 Å². The van der Waals surface area contributed by atoms with Crippen LogP contribution in [0.4, 0.5) is 0 Å². The van der Waals surface area contributed by atoms with Gasteiger partial charge < -0.3 is 5.11 Å². The molecule has 0 aromatic rings. The Bertz CT molecular complexity index is 150. The van der Waals surface area contributed by atoms with E-state index in [1.807, 2.05) is 26.0 Å². The molecule has 1 atom stereocenters. The van der Waals surface area contributed by atoms with Crippen LogP contribution in [0.15, 0.2) is 23.3 Å². The molecule has 0 rings (SSSR count). The number of aliphatic hydroxyl groups is 1. The quantitative estimate of drug-likeness (QED) is 0.650. The monoisotopic (exact) mass is 174 g/mol. The van der Waals surface area contributed by atoms with E-state index in [1.165, 1.54) is 0 Å². The third-order valence-corrected chi connectivity index (χ3v) is 1.76. The number of aliphatic hydroxyl groups excluding tert-OH is 1. The number of hydrogen-bond donors (Lipinski definition) is 1. The SMILES string of the molecule is CC=CCC(O)CC(Cl)=CC. The molecule has 1 nitrogen and oxygen atoms in total. The van der Waals surface area contributed by atoms with Gasteiger partial charge in [-0.3, -0.25) is 0 Å². The molecule has 0 saturated heterocycles. The van der Waals surface area contributed by atoms with Gasteiger partial charge in [-0.2, -0.15) is 0 Å². The number of halogens is 1. The molecule has 0 aliphatic rings. The molecule has 0 aliphatic heterocycles. The van der Waals surface area contributed by atoms with Crippen molar-refractivity contribution in [1.82, 2.24) is 0 Å². The maximum Gasteiger partial charge on any atom is 0.0623 e. The molecule has 0 spiro atoms. The fraction of sp³-hybridized carbons (Fsp3) is 0.556. The van der Waals surface area contributed by atoms with E-state index in [-0.39, 0.29) is 6.10 Å². The van der Waals surface area contributed by atoms with Crippen LogP contribution in [-0.4, -0.2) is 11.2 Å². The van der Waals surface area contributed by atoms with E-state index in [1.54, 1.807) is 6.08 Å². The van der Waals surface area contributed by atoms with Crippen molar-refractivity contribution in [2.24, 2.45) is 0 Å². The molecule has 0 heterocycles. The zero-order chi connectivity index (χ0) is 8.69. The molecule has 0 amide bonds. The maximum absolute atomic E-state index is 9.31. The van der Waals surface area contributed by atoms with Gasteiger partial charge in [0.25, 0.3) is 0 Å². The second kappa shape index (κ2) is 6.44. The van der Waals surface area contributed by atoms with Crippen LogP contribution >= 0.6 is 11.6 Å². The molecule has 2 heteroatoms. The van der Waals surface area contributed by atoms with Crippen molar-refractivity contribution in [1.29, 1.82) is 0 Å². The normalized spacial score (nSPS) is 15.8. The smallest absolute Gasteiger partial charge is 0.0623 e. The Morgan fingerprint density at radius 1 is 1.55 bits per heavy atom. The number of allylic oxidation sites excluding steroid dienone is 2. The fourth-order valence-electron chi connectivity index (χ4n) is 0.719. The largest absolute Gasteiger partial charge is 0.392 e. The van der Waals surface area contributed by atoms with E-state index in [9.17, 15) is 5.11 Å². The summed E-state index contributed by atoms with van der Waals surface area (Å²) in [6, 6.07) is 0. The first-order valence-corrected chi connectivity index (χ1v) is 4.18. The third kappa shape index (κ3) is 6.14. The van der Waals surface area contributed by atoms with E-state index in [0.717, 1.165) is 5.03 Å². The Labute approximate surface area is 73.4 Å². The highest BCUT2D eigenvalue weighted by molar-refractivity contribution is 6.29. The molecule has 0 fully saturated rings. The molecule has 1 unspecified atom stereocenters. The number of hydrogen-bond acceptors (Lipinski definition) is 1. The molecular formula is C9H15ClO.